The lowest BCUT2D eigenvalue weighted by atomic mass is 10.2. The van der Waals surface area contributed by atoms with E-state index >= 15 is 0 Å². The molecule has 14 nitrogen and oxygen atoms in total. The lowest BCUT2D eigenvalue weighted by Gasteiger charge is -2.07. The summed E-state index contributed by atoms with van der Waals surface area (Å²) >= 11 is 0. The molecule has 0 aromatic heterocycles. The number of carboxylic acid groups (broad SMARTS) is 4. The van der Waals surface area contributed by atoms with Crippen molar-refractivity contribution < 1.29 is 60.0 Å². The van der Waals surface area contributed by atoms with Crippen LogP contribution in [0, 0.1) is 0 Å². The molecule has 0 fully saturated rings. The Morgan fingerprint density at radius 3 is 0.708 bits per heavy atom. The third-order valence-electron chi connectivity index (χ3n) is 1.78. The molecule has 0 aliphatic carbocycles. The molecule has 0 aromatic rings. The zero-order valence-electron chi connectivity index (χ0n) is 12.1. The Bertz CT molecular complexity index is 341. The van der Waals surface area contributed by atoms with Crippen LogP contribution in [0.25, 0.3) is 0 Å². The second kappa shape index (κ2) is 14.2. The summed E-state index contributed by atoms with van der Waals surface area (Å²) in [5, 5.41) is 65.1. The molecule has 24 heavy (non-hydrogen) atoms. The molecule has 0 aliphatic heterocycles. The molecule has 0 radical (unpaired) electrons. The second-order valence-corrected chi connectivity index (χ2v) is 3.71. The first-order valence-corrected chi connectivity index (χ1v) is 5.88. The van der Waals surface area contributed by atoms with Crippen molar-refractivity contribution in [2.75, 3.05) is 13.1 Å². The summed E-state index contributed by atoms with van der Waals surface area (Å²) in [7, 11) is 0. The van der Waals surface area contributed by atoms with Gasteiger partial charge in [-0.2, -0.15) is 0 Å². The molecule has 4 atom stereocenters. The summed E-state index contributed by atoms with van der Waals surface area (Å²) in [5.74, 6) is -7.07. The number of hydrogen-bond acceptors (Lipinski definition) is 10. The second-order valence-electron chi connectivity index (χ2n) is 3.71. The van der Waals surface area contributed by atoms with E-state index in [2.05, 4.69) is 0 Å². The fourth-order valence-corrected chi connectivity index (χ4v) is 0.540. The maximum absolute atomic E-state index is 9.77. The maximum atomic E-state index is 9.77. The van der Waals surface area contributed by atoms with Crippen molar-refractivity contribution in [3.05, 3.63) is 0 Å². The van der Waals surface area contributed by atoms with E-state index in [-0.39, 0.29) is 0 Å². The van der Waals surface area contributed by atoms with Crippen LogP contribution in [0.2, 0.25) is 0 Å². The van der Waals surface area contributed by atoms with Crippen molar-refractivity contribution in [3.63, 3.8) is 0 Å². The molecule has 0 aromatic carbocycles. The zero-order chi connectivity index (χ0) is 20.0. The van der Waals surface area contributed by atoms with Crippen molar-refractivity contribution in [2.24, 2.45) is 11.5 Å². The number of nitrogens with two attached hydrogens (primary N) is 2. The van der Waals surface area contributed by atoms with Crippen molar-refractivity contribution in [1.82, 2.24) is 0 Å². The van der Waals surface area contributed by atoms with E-state index in [1.807, 2.05) is 0 Å². The molecule has 0 rings (SSSR count). The lowest BCUT2D eigenvalue weighted by Crippen LogP contribution is -2.39. The minimum Gasteiger partial charge on any atom is -0.479 e. The third kappa shape index (κ3) is 13.3. The number of carbonyl (C=O) groups is 4. The van der Waals surface area contributed by atoms with Crippen LogP contribution in [0.5, 0.6) is 0 Å². The predicted octanol–water partition coefficient (Wildman–Crippen LogP) is -5.34. The van der Waals surface area contributed by atoms with E-state index in [9.17, 15) is 19.2 Å². The van der Waals surface area contributed by atoms with E-state index in [4.69, 9.17) is 52.3 Å². The predicted molar refractivity (Wildman–Crippen MR) is 72.7 cm³/mol. The van der Waals surface area contributed by atoms with Crippen LogP contribution in [0.15, 0.2) is 0 Å². The van der Waals surface area contributed by atoms with E-state index in [1.165, 1.54) is 0 Å². The smallest absolute Gasteiger partial charge is 0.335 e. The number of hydrogen-bond donors (Lipinski definition) is 10. The van der Waals surface area contributed by atoms with Gasteiger partial charge in [0.25, 0.3) is 0 Å². The average Bonchev–Trinajstić information content (AvgIpc) is 2.52. The van der Waals surface area contributed by atoms with Crippen molar-refractivity contribution >= 4 is 23.9 Å². The molecule has 142 valence electrons. The van der Waals surface area contributed by atoms with Gasteiger partial charge in [0, 0.05) is 13.1 Å². The first kappa shape index (κ1) is 26.5. The fraction of sp³-hybridized carbons (Fsp3) is 0.600. The minimum absolute atomic E-state index is 0.597. The summed E-state index contributed by atoms with van der Waals surface area (Å²) < 4.78 is 0. The molecule has 0 spiro atoms. The van der Waals surface area contributed by atoms with Gasteiger partial charge in [0.2, 0.25) is 0 Å². The van der Waals surface area contributed by atoms with Crippen LogP contribution >= 0.6 is 0 Å². The Morgan fingerprint density at radius 1 is 0.542 bits per heavy atom. The summed E-state index contributed by atoms with van der Waals surface area (Å²) in [5.41, 5.74) is 9.81. The molecule has 0 heterocycles. The van der Waals surface area contributed by atoms with Crippen LogP contribution in [0.1, 0.15) is 0 Å². The lowest BCUT2D eigenvalue weighted by molar-refractivity contribution is -0.165. The number of aliphatic carboxylic acids is 4. The Morgan fingerprint density at radius 2 is 0.667 bits per heavy atom. The SMILES string of the molecule is NCCN.O=C(O)[C@H](O)[C@@H](O)C(=O)O.O=C(O)[C@H](O)[C@@H](O)C(=O)O. The molecular weight excluding hydrogens is 340 g/mol. The highest BCUT2D eigenvalue weighted by molar-refractivity contribution is 5.83. The first-order valence-electron chi connectivity index (χ1n) is 5.88. The van der Waals surface area contributed by atoms with Gasteiger partial charge in [-0.25, -0.2) is 19.2 Å². The molecule has 12 N–H and O–H groups in total. The van der Waals surface area contributed by atoms with Gasteiger partial charge in [-0.05, 0) is 0 Å². The summed E-state index contributed by atoms with van der Waals surface area (Å²) in [6.07, 6.45) is -9.06. The Balaban J connectivity index is -0.000000301. The van der Waals surface area contributed by atoms with E-state index in [0.717, 1.165) is 0 Å². The molecule has 0 saturated carbocycles. The Hall–Kier alpha value is -2.36. The van der Waals surface area contributed by atoms with Crippen LogP contribution in [-0.2, 0) is 19.2 Å². The molecule has 0 aliphatic rings. The quantitative estimate of drug-likeness (QED) is 0.203. The maximum Gasteiger partial charge on any atom is 0.335 e. The van der Waals surface area contributed by atoms with Crippen LogP contribution in [-0.4, -0.2) is 102 Å². The number of aliphatic hydroxyl groups is 4. The first-order chi connectivity index (χ1) is 10.8. The largest absolute Gasteiger partial charge is 0.479 e. The number of carboxylic acids is 4. The molecule has 0 bridgehead atoms. The Labute approximate surface area is 134 Å². The van der Waals surface area contributed by atoms with E-state index in [0.29, 0.717) is 13.1 Å². The molecule has 0 saturated heterocycles. The normalized spacial score (nSPS) is 14.4. The fourth-order valence-electron chi connectivity index (χ4n) is 0.540. The van der Waals surface area contributed by atoms with Crippen molar-refractivity contribution in [2.45, 2.75) is 24.4 Å². The molecule has 0 amide bonds. The average molecular weight is 360 g/mol. The standard InChI is InChI=1S/2C4H6O6.C2H8N2/c2*5-1(3(7)8)2(6)4(9)10;3-1-2-4/h2*1-2,5-6H,(H,7,8)(H,9,10);1-4H2/t2*1-,2-;/m11./s1. The zero-order valence-corrected chi connectivity index (χ0v) is 12.1. The highest BCUT2D eigenvalue weighted by atomic mass is 16.4. The molecule has 0 unspecified atom stereocenters. The van der Waals surface area contributed by atoms with Crippen LogP contribution < -0.4 is 11.5 Å². The van der Waals surface area contributed by atoms with Crippen molar-refractivity contribution in [1.29, 1.82) is 0 Å². The van der Waals surface area contributed by atoms with E-state index in [1.54, 1.807) is 0 Å². The van der Waals surface area contributed by atoms with Gasteiger partial charge in [0.1, 0.15) is 0 Å². The Kier molecular flexibility index (Phi) is 15.7. The third-order valence-corrected chi connectivity index (χ3v) is 1.78. The van der Waals surface area contributed by atoms with Crippen LogP contribution in [0.4, 0.5) is 0 Å². The topological polar surface area (TPSA) is 282 Å². The van der Waals surface area contributed by atoms with Gasteiger partial charge < -0.3 is 52.3 Å². The minimum atomic E-state index is -2.27. The highest BCUT2D eigenvalue weighted by Gasteiger charge is 2.30. The summed E-state index contributed by atoms with van der Waals surface area (Å²) in [4.78, 5) is 39.1. The summed E-state index contributed by atoms with van der Waals surface area (Å²) in [6.45, 7) is 1.19. The van der Waals surface area contributed by atoms with Gasteiger partial charge in [0.05, 0.1) is 0 Å². The molecule has 14 heteroatoms. The van der Waals surface area contributed by atoms with Crippen molar-refractivity contribution in [3.8, 4) is 0 Å². The molecular formula is C10H20N2O12. The van der Waals surface area contributed by atoms with Gasteiger partial charge in [0.15, 0.2) is 24.4 Å². The summed E-state index contributed by atoms with van der Waals surface area (Å²) in [6, 6.07) is 0. The number of aliphatic hydroxyl groups excluding tert-OH is 4. The number of rotatable bonds is 7. The van der Waals surface area contributed by atoms with E-state index < -0.39 is 48.3 Å². The van der Waals surface area contributed by atoms with Gasteiger partial charge in [-0.3, -0.25) is 0 Å². The monoisotopic (exact) mass is 360 g/mol. The van der Waals surface area contributed by atoms with Crippen LogP contribution in [0.3, 0.4) is 0 Å². The van der Waals surface area contributed by atoms with Gasteiger partial charge >= 0.3 is 23.9 Å². The van der Waals surface area contributed by atoms with Gasteiger partial charge in [-0.15, -0.1) is 0 Å². The van der Waals surface area contributed by atoms with Gasteiger partial charge in [-0.1, -0.05) is 0 Å². The highest BCUT2D eigenvalue weighted by Crippen LogP contribution is 1.93.